The van der Waals surface area contributed by atoms with Crippen molar-refractivity contribution in [2.24, 2.45) is 0 Å². The summed E-state index contributed by atoms with van der Waals surface area (Å²) in [5.41, 5.74) is 2.45. The molecule has 16 heavy (non-hydrogen) atoms. The summed E-state index contributed by atoms with van der Waals surface area (Å²) >= 11 is 0. The van der Waals surface area contributed by atoms with E-state index < -0.39 is 0 Å². The highest BCUT2D eigenvalue weighted by Gasteiger charge is 2.03. The topological polar surface area (TPSA) is 12.0 Å². The highest BCUT2D eigenvalue weighted by Crippen LogP contribution is 2.11. The molecule has 1 atom stereocenters. The Morgan fingerprint density at radius 3 is 2.56 bits per heavy atom. The summed E-state index contributed by atoms with van der Waals surface area (Å²) in [7, 11) is 0. The summed E-state index contributed by atoms with van der Waals surface area (Å²) in [6.07, 6.45) is 5.61. The average molecular weight is 213 g/mol. The SMILES string of the molecule is C=C/C=C(\C=C)CNC(C)c1ccccc1. The van der Waals surface area contributed by atoms with Gasteiger partial charge in [-0.25, -0.2) is 0 Å². The molecule has 1 rings (SSSR count). The molecule has 0 spiro atoms. The third-order valence-electron chi connectivity index (χ3n) is 2.51. The zero-order valence-corrected chi connectivity index (χ0v) is 9.82. The minimum Gasteiger partial charge on any atom is -0.306 e. The quantitative estimate of drug-likeness (QED) is 0.711. The summed E-state index contributed by atoms with van der Waals surface area (Å²) in [6.45, 7) is 10.4. The van der Waals surface area contributed by atoms with E-state index in [2.05, 4.69) is 49.7 Å². The summed E-state index contributed by atoms with van der Waals surface area (Å²) < 4.78 is 0. The Hall–Kier alpha value is -1.60. The largest absolute Gasteiger partial charge is 0.306 e. The van der Waals surface area contributed by atoms with Crippen molar-refractivity contribution >= 4 is 0 Å². The number of allylic oxidation sites excluding steroid dienone is 2. The highest BCUT2D eigenvalue weighted by molar-refractivity contribution is 5.24. The van der Waals surface area contributed by atoms with Crippen LogP contribution in [0.25, 0.3) is 0 Å². The van der Waals surface area contributed by atoms with Crippen LogP contribution in [-0.2, 0) is 0 Å². The molecule has 1 unspecified atom stereocenters. The lowest BCUT2D eigenvalue weighted by Gasteiger charge is -2.14. The van der Waals surface area contributed by atoms with Gasteiger partial charge in [-0.15, -0.1) is 0 Å². The fraction of sp³-hybridized carbons (Fsp3) is 0.200. The Morgan fingerprint density at radius 1 is 1.31 bits per heavy atom. The molecular formula is C15H19N. The van der Waals surface area contributed by atoms with Crippen LogP contribution in [0.15, 0.2) is 67.3 Å². The Balaban J connectivity index is 2.53. The fourth-order valence-electron chi connectivity index (χ4n) is 1.48. The average Bonchev–Trinajstić information content (AvgIpc) is 2.35. The summed E-state index contributed by atoms with van der Waals surface area (Å²) in [5.74, 6) is 0. The zero-order valence-electron chi connectivity index (χ0n) is 9.82. The summed E-state index contributed by atoms with van der Waals surface area (Å²) in [5, 5.41) is 3.45. The molecule has 1 aromatic rings. The van der Waals surface area contributed by atoms with Crippen LogP contribution < -0.4 is 5.32 Å². The van der Waals surface area contributed by atoms with Gasteiger partial charge < -0.3 is 5.32 Å². The molecule has 1 heteroatoms. The predicted octanol–water partition coefficient (Wildman–Crippen LogP) is 3.64. The van der Waals surface area contributed by atoms with Gasteiger partial charge in [-0.05, 0) is 18.1 Å². The van der Waals surface area contributed by atoms with Gasteiger partial charge >= 0.3 is 0 Å². The van der Waals surface area contributed by atoms with Gasteiger partial charge in [-0.3, -0.25) is 0 Å². The van der Waals surface area contributed by atoms with Crippen molar-refractivity contribution in [3.63, 3.8) is 0 Å². The fourth-order valence-corrected chi connectivity index (χ4v) is 1.48. The second-order valence-electron chi connectivity index (χ2n) is 3.69. The van der Waals surface area contributed by atoms with Crippen LogP contribution in [0.5, 0.6) is 0 Å². The second-order valence-corrected chi connectivity index (χ2v) is 3.69. The first-order chi connectivity index (χ1) is 7.77. The highest BCUT2D eigenvalue weighted by atomic mass is 14.9. The zero-order chi connectivity index (χ0) is 11.8. The second kappa shape index (κ2) is 6.81. The molecule has 84 valence electrons. The van der Waals surface area contributed by atoms with Crippen LogP contribution in [-0.4, -0.2) is 6.54 Å². The number of hydrogen-bond donors (Lipinski definition) is 1. The van der Waals surface area contributed by atoms with E-state index in [0.717, 1.165) is 12.1 Å². The minimum absolute atomic E-state index is 0.342. The van der Waals surface area contributed by atoms with Crippen LogP contribution >= 0.6 is 0 Å². The van der Waals surface area contributed by atoms with Gasteiger partial charge in [0.15, 0.2) is 0 Å². The van der Waals surface area contributed by atoms with Crippen molar-refractivity contribution < 1.29 is 0 Å². The molecule has 0 heterocycles. The standard InChI is InChI=1S/C15H19N/c1-4-9-14(5-2)12-16-13(3)15-10-7-6-8-11-15/h4-11,13,16H,1-2,12H2,3H3/b14-9+. The van der Waals surface area contributed by atoms with Gasteiger partial charge in [-0.1, -0.05) is 61.7 Å². The van der Waals surface area contributed by atoms with Crippen LogP contribution in [0.1, 0.15) is 18.5 Å². The number of nitrogens with one attached hydrogen (secondary N) is 1. The van der Waals surface area contributed by atoms with Crippen molar-refractivity contribution in [1.82, 2.24) is 5.32 Å². The Bertz CT molecular complexity index is 362. The van der Waals surface area contributed by atoms with Gasteiger partial charge in [0.2, 0.25) is 0 Å². The molecule has 0 aliphatic carbocycles. The van der Waals surface area contributed by atoms with E-state index in [-0.39, 0.29) is 0 Å². The molecule has 0 aliphatic rings. The van der Waals surface area contributed by atoms with Crippen LogP contribution in [0.4, 0.5) is 0 Å². The van der Waals surface area contributed by atoms with E-state index in [1.807, 2.05) is 18.2 Å². The molecule has 0 saturated carbocycles. The van der Waals surface area contributed by atoms with Crippen molar-refractivity contribution in [2.75, 3.05) is 6.54 Å². The first-order valence-electron chi connectivity index (χ1n) is 5.50. The third-order valence-corrected chi connectivity index (χ3v) is 2.51. The van der Waals surface area contributed by atoms with E-state index >= 15 is 0 Å². The first-order valence-corrected chi connectivity index (χ1v) is 5.50. The van der Waals surface area contributed by atoms with Crippen LogP contribution in [0.2, 0.25) is 0 Å². The van der Waals surface area contributed by atoms with Crippen molar-refractivity contribution in [2.45, 2.75) is 13.0 Å². The van der Waals surface area contributed by atoms with Crippen LogP contribution in [0.3, 0.4) is 0 Å². The van der Waals surface area contributed by atoms with E-state index in [1.165, 1.54) is 5.56 Å². The van der Waals surface area contributed by atoms with E-state index in [0.29, 0.717) is 6.04 Å². The molecule has 0 radical (unpaired) electrons. The van der Waals surface area contributed by atoms with E-state index in [1.54, 1.807) is 6.08 Å². The van der Waals surface area contributed by atoms with Crippen LogP contribution in [0, 0.1) is 0 Å². The number of benzene rings is 1. The Kier molecular flexibility index (Phi) is 5.30. The number of hydrogen-bond acceptors (Lipinski definition) is 1. The van der Waals surface area contributed by atoms with E-state index in [9.17, 15) is 0 Å². The predicted molar refractivity (Wildman–Crippen MR) is 71.3 cm³/mol. The molecule has 1 aromatic carbocycles. The third kappa shape index (κ3) is 3.87. The van der Waals surface area contributed by atoms with Gasteiger partial charge in [0.1, 0.15) is 0 Å². The molecule has 0 bridgehead atoms. The van der Waals surface area contributed by atoms with Gasteiger partial charge in [0.05, 0.1) is 0 Å². The molecule has 0 amide bonds. The molecular weight excluding hydrogens is 194 g/mol. The normalized spacial score (nSPS) is 13.2. The van der Waals surface area contributed by atoms with Gasteiger partial charge in [-0.2, -0.15) is 0 Å². The number of rotatable bonds is 6. The van der Waals surface area contributed by atoms with Crippen molar-refractivity contribution in [3.8, 4) is 0 Å². The minimum atomic E-state index is 0.342. The molecule has 0 saturated heterocycles. The lowest BCUT2D eigenvalue weighted by atomic mass is 10.1. The molecule has 1 nitrogen and oxygen atoms in total. The molecule has 1 N–H and O–H groups in total. The van der Waals surface area contributed by atoms with Gasteiger partial charge in [0.25, 0.3) is 0 Å². The van der Waals surface area contributed by atoms with E-state index in [4.69, 9.17) is 0 Å². The summed E-state index contributed by atoms with van der Waals surface area (Å²) in [4.78, 5) is 0. The molecule has 0 fully saturated rings. The monoisotopic (exact) mass is 213 g/mol. The maximum atomic E-state index is 3.77. The Labute approximate surface area is 98.2 Å². The van der Waals surface area contributed by atoms with Gasteiger partial charge in [0, 0.05) is 12.6 Å². The first kappa shape index (κ1) is 12.5. The Morgan fingerprint density at radius 2 is 2.00 bits per heavy atom. The molecule has 0 aromatic heterocycles. The maximum Gasteiger partial charge on any atom is 0.0294 e. The van der Waals surface area contributed by atoms with Crippen molar-refractivity contribution in [3.05, 3.63) is 72.9 Å². The maximum absolute atomic E-state index is 3.77. The van der Waals surface area contributed by atoms with Crippen molar-refractivity contribution in [1.29, 1.82) is 0 Å². The smallest absolute Gasteiger partial charge is 0.0294 e. The molecule has 0 aliphatic heterocycles. The lowest BCUT2D eigenvalue weighted by Crippen LogP contribution is -2.20. The lowest BCUT2D eigenvalue weighted by molar-refractivity contribution is 0.610. The summed E-state index contributed by atoms with van der Waals surface area (Å²) in [6, 6.07) is 10.7.